The molecule has 1 aromatic heterocycles. The Kier molecular flexibility index (Phi) is 6.16. The first-order chi connectivity index (χ1) is 14.8. The highest BCUT2D eigenvalue weighted by molar-refractivity contribution is 5.96. The van der Waals surface area contributed by atoms with Gasteiger partial charge in [-0.1, -0.05) is 38.1 Å². The molecule has 0 atom stereocenters. The van der Waals surface area contributed by atoms with E-state index in [1.165, 1.54) is 19.2 Å². The summed E-state index contributed by atoms with van der Waals surface area (Å²) in [4.78, 5) is 19.4. The second kappa shape index (κ2) is 8.79. The van der Waals surface area contributed by atoms with Gasteiger partial charge in [0.25, 0.3) is 0 Å². The minimum atomic E-state index is -1.42. The van der Waals surface area contributed by atoms with Crippen LogP contribution in [-0.2, 0) is 0 Å². The van der Waals surface area contributed by atoms with Crippen LogP contribution in [0, 0.1) is 18.2 Å². The van der Waals surface area contributed by atoms with Crippen molar-refractivity contribution in [1.29, 1.82) is 0 Å². The summed E-state index contributed by atoms with van der Waals surface area (Å²) < 4.78 is 34.5. The number of methoxy groups -OCH3 is 1. The molecule has 0 spiro atoms. The van der Waals surface area contributed by atoms with Gasteiger partial charge in [-0.05, 0) is 29.7 Å². The molecule has 0 unspecified atom stereocenters. The number of aromatic nitrogens is 1. The van der Waals surface area contributed by atoms with Crippen LogP contribution in [0.3, 0.4) is 0 Å². The first kappa shape index (κ1) is 21.7. The summed E-state index contributed by atoms with van der Waals surface area (Å²) in [5, 5.41) is 12.5. The van der Waals surface area contributed by atoms with E-state index >= 15 is 0 Å². The van der Waals surface area contributed by atoms with E-state index in [0.717, 1.165) is 17.7 Å². The van der Waals surface area contributed by atoms with Crippen molar-refractivity contribution in [3.05, 3.63) is 76.6 Å². The number of carboxylic acids is 1. The van der Waals surface area contributed by atoms with Crippen LogP contribution in [0.15, 0.2) is 42.5 Å². The number of aromatic carboxylic acids is 1. The van der Waals surface area contributed by atoms with Crippen LogP contribution < -0.4 is 10.1 Å². The number of nitrogens with zero attached hydrogens (tertiary/aromatic N) is 2. The van der Waals surface area contributed by atoms with Crippen LogP contribution >= 0.6 is 0 Å². The van der Waals surface area contributed by atoms with Gasteiger partial charge in [0.15, 0.2) is 5.82 Å². The Morgan fingerprint density at radius 1 is 1.19 bits per heavy atom. The number of carboxylic acid groups (broad SMARTS) is 1. The third kappa shape index (κ3) is 4.16. The quantitative estimate of drug-likeness (QED) is 0.465. The number of ether oxygens (including phenoxy) is 1. The van der Waals surface area contributed by atoms with Gasteiger partial charge in [0.05, 0.1) is 19.2 Å². The lowest BCUT2D eigenvalue weighted by molar-refractivity contribution is 0.0697. The van der Waals surface area contributed by atoms with Gasteiger partial charge in [-0.3, -0.25) is 0 Å². The number of halogens is 2. The predicted molar refractivity (Wildman–Crippen MR) is 113 cm³/mol. The van der Waals surface area contributed by atoms with Crippen molar-refractivity contribution < 1.29 is 23.4 Å². The summed E-state index contributed by atoms with van der Waals surface area (Å²) in [5.74, 6) is -3.38. The Morgan fingerprint density at radius 3 is 2.52 bits per heavy atom. The topological polar surface area (TPSA) is 75.8 Å². The van der Waals surface area contributed by atoms with Gasteiger partial charge in [0, 0.05) is 5.69 Å². The zero-order valence-corrected chi connectivity index (χ0v) is 17.0. The van der Waals surface area contributed by atoms with Crippen LogP contribution in [0.2, 0.25) is 0 Å². The van der Waals surface area contributed by atoms with Crippen molar-refractivity contribution in [1.82, 2.24) is 4.98 Å². The molecule has 0 aliphatic carbocycles. The molecule has 0 fully saturated rings. The van der Waals surface area contributed by atoms with Crippen molar-refractivity contribution in [3.8, 4) is 17.0 Å². The Labute approximate surface area is 178 Å². The monoisotopic (exact) mass is 423 g/mol. The highest BCUT2D eigenvalue weighted by Gasteiger charge is 2.24. The van der Waals surface area contributed by atoms with Gasteiger partial charge in [-0.2, -0.15) is 0 Å². The van der Waals surface area contributed by atoms with Crippen LogP contribution in [0.25, 0.3) is 16.1 Å². The fourth-order valence-corrected chi connectivity index (χ4v) is 3.21. The highest BCUT2D eigenvalue weighted by Crippen LogP contribution is 2.38. The number of hydrogen-bond acceptors (Lipinski definition) is 4. The highest BCUT2D eigenvalue weighted by atomic mass is 19.1. The van der Waals surface area contributed by atoms with Crippen molar-refractivity contribution in [3.63, 3.8) is 0 Å². The Morgan fingerprint density at radius 2 is 1.90 bits per heavy atom. The minimum Gasteiger partial charge on any atom is -0.496 e. The molecule has 0 bridgehead atoms. The molecule has 3 rings (SSSR count). The molecule has 31 heavy (non-hydrogen) atoms. The molecule has 0 saturated carbocycles. The molecule has 2 aromatic carbocycles. The standard InChI is InChI=1S/C23H19F2N3O3/c1-12(2)13-7-5-9-17(26-3)20(13)27-22-14(23(29)30)11-16(25)21(28-22)19-15(24)8-6-10-18(19)31-4/h5-12H,1-2,4H3,(H,27,28)(H,29,30). The van der Waals surface area contributed by atoms with E-state index in [1.807, 2.05) is 13.8 Å². The maximum atomic E-state index is 14.8. The fraction of sp³-hybridized carbons (Fsp3) is 0.174. The molecule has 0 amide bonds. The van der Waals surface area contributed by atoms with Gasteiger partial charge in [-0.25, -0.2) is 23.4 Å². The van der Waals surface area contributed by atoms with Gasteiger partial charge >= 0.3 is 5.97 Å². The van der Waals surface area contributed by atoms with Gasteiger partial charge in [-0.15, -0.1) is 0 Å². The Hall–Kier alpha value is -3.99. The molecule has 2 N–H and O–H groups in total. The average molecular weight is 423 g/mol. The second-order valence-corrected chi connectivity index (χ2v) is 6.97. The molecule has 158 valence electrons. The number of rotatable bonds is 6. The third-order valence-corrected chi connectivity index (χ3v) is 4.70. The Bertz CT molecular complexity index is 1200. The molecule has 3 aromatic rings. The lowest BCUT2D eigenvalue weighted by Crippen LogP contribution is -2.09. The SMILES string of the molecule is [C-]#[N+]c1cccc(C(C)C)c1Nc1nc(-c2c(F)cccc2OC)c(F)cc1C(=O)O. The molecular weight excluding hydrogens is 404 g/mol. The summed E-state index contributed by atoms with van der Waals surface area (Å²) in [6.45, 7) is 11.3. The molecule has 0 aliphatic heterocycles. The van der Waals surface area contributed by atoms with E-state index in [9.17, 15) is 18.7 Å². The maximum Gasteiger partial charge on any atom is 0.339 e. The van der Waals surface area contributed by atoms with Crippen LogP contribution in [0.4, 0.5) is 26.0 Å². The number of pyridine rings is 1. The molecule has 8 heteroatoms. The van der Waals surface area contributed by atoms with E-state index in [-0.39, 0.29) is 28.7 Å². The van der Waals surface area contributed by atoms with Crippen molar-refractivity contribution in [2.24, 2.45) is 0 Å². The van der Waals surface area contributed by atoms with Crippen LogP contribution in [0.5, 0.6) is 5.75 Å². The maximum absolute atomic E-state index is 14.8. The summed E-state index contributed by atoms with van der Waals surface area (Å²) in [7, 11) is 1.31. The van der Waals surface area contributed by atoms with Gasteiger partial charge < -0.3 is 15.2 Å². The zero-order chi connectivity index (χ0) is 22.7. The fourth-order valence-electron chi connectivity index (χ4n) is 3.21. The van der Waals surface area contributed by atoms with E-state index in [4.69, 9.17) is 11.3 Å². The summed E-state index contributed by atoms with van der Waals surface area (Å²) >= 11 is 0. The van der Waals surface area contributed by atoms with E-state index in [1.54, 1.807) is 18.2 Å². The van der Waals surface area contributed by atoms with Crippen LogP contribution in [0.1, 0.15) is 35.7 Å². The third-order valence-electron chi connectivity index (χ3n) is 4.70. The van der Waals surface area contributed by atoms with E-state index in [0.29, 0.717) is 5.69 Å². The summed E-state index contributed by atoms with van der Waals surface area (Å²) in [6, 6.07) is 9.85. The first-order valence-electron chi connectivity index (χ1n) is 9.32. The van der Waals surface area contributed by atoms with Gasteiger partial charge in [0.1, 0.15) is 28.6 Å². The number of anilines is 2. The lowest BCUT2D eigenvalue weighted by Gasteiger charge is -2.18. The van der Waals surface area contributed by atoms with Gasteiger partial charge in [0.2, 0.25) is 5.69 Å². The molecule has 0 radical (unpaired) electrons. The largest absolute Gasteiger partial charge is 0.496 e. The number of benzene rings is 2. The second-order valence-electron chi connectivity index (χ2n) is 6.97. The normalized spacial score (nSPS) is 10.6. The van der Waals surface area contributed by atoms with E-state index in [2.05, 4.69) is 15.1 Å². The van der Waals surface area contributed by atoms with Crippen molar-refractivity contribution in [2.75, 3.05) is 12.4 Å². The molecule has 0 aliphatic rings. The number of para-hydroxylation sites is 1. The molecular formula is C23H19F2N3O3. The smallest absolute Gasteiger partial charge is 0.339 e. The van der Waals surface area contributed by atoms with Crippen molar-refractivity contribution in [2.45, 2.75) is 19.8 Å². The predicted octanol–water partition coefficient (Wildman–Crippen LogP) is 6.15. The summed E-state index contributed by atoms with van der Waals surface area (Å²) in [6.07, 6.45) is 0. The molecule has 1 heterocycles. The van der Waals surface area contributed by atoms with E-state index < -0.39 is 28.9 Å². The zero-order valence-electron chi connectivity index (χ0n) is 17.0. The number of nitrogens with one attached hydrogen (secondary N) is 1. The number of carbonyl (C=O) groups is 1. The molecule has 6 nitrogen and oxygen atoms in total. The van der Waals surface area contributed by atoms with Crippen LogP contribution in [-0.4, -0.2) is 23.2 Å². The Balaban J connectivity index is 2.27. The summed E-state index contributed by atoms with van der Waals surface area (Å²) in [5.41, 5.74) is 0.269. The average Bonchev–Trinajstić information content (AvgIpc) is 2.74. The van der Waals surface area contributed by atoms with Crippen molar-refractivity contribution >= 4 is 23.2 Å². The molecule has 0 saturated heterocycles. The minimum absolute atomic E-state index is 0.00376. The number of hydrogen-bond donors (Lipinski definition) is 2. The first-order valence-corrected chi connectivity index (χ1v) is 9.32. The lowest BCUT2D eigenvalue weighted by atomic mass is 9.99.